The van der Waals surface area contributed by atoms with Crippen molar-refractivity contribution in [1.82, 2.24) is 9.97 Å². The summed E-state index contributed by atoms with van der Waals surface area (Å²) >= 11 is 0. The van der Waals surface area contributed by atoms with Gasteiger partial charge in [-0.15, -0.1) is 0 Å². The number of anilines is 4. The zero-order valence-electron chi connectivity index (χ0n) is 19.0. The van der Waals surface area contributed by atoms with Gasteiger partial charge in [-0.05, 0) is 54.3 Å². The molecule has 0 spiro atoms. The van der Waals surface area contributed by atoms with E-state index in [4.69, 9.17) is 4.74 Å². The molecular formula is C25H29F3N4O. The highest BCUT2D eigenvalue weighted by Crippen LogP contribution is 2.35. The molecule has 0 amide bonds. The Morgan fingerprint density at radius 1 is 0.970 bits per heavy atom. The van der Waals surface area contributed by atoms with Crippen molar-refractivity contribution in [2.45, 2.75) is 52.1 Å². The number of aromatic nitrogens is 2. The molecule has 1 aromatic heterocycles. The highest BCUT2D eigenvalue weighted by Gasteiger charge is 2.35. The van der Waals surface area contributed by atoms with Crippen LogP contribution in [0.15, 0.2) is 54.7 Å². The van der Waals surface area contributed by atoms with E-state index < -0.39 is 11.7 Å². The number of hydrogen-bond donors (Lipinski definition) is 2. The highest BCUT2D eigenvalue weighted by atomic mass is 19.4. The van der Waals surface area contributed by atoms with Gasteiger partial charge in [0.2, 0.25) is 5.95 Å². The van der Waals surface area contributed by atoms with Crippen molar-refractivity contribution in [3.05, 3.63) is 65.9 Å². The summed E-state index contributed by atoms with van der Waals surface area (Å²) in [6.45, 7) is 6.83. The molecule has 2 N–H and O–H groups in total. The SMILES string of the molecule is CCCCCOc1ccc(Nc2ncc(C(F)(F)F)c(Nc3cccc(C(C)C)c3)n2)cc1. The first-order valence-electron chi connectivity index (χ1n) is 11.1. The van der Waals surface area contributed by atoms with E-state index >= 15 is 0 Å². The van der Waals surface area contributed by atoms with Crippen LogP contribution in [0.25, 0.3) is 0 Å². The van der Waals surface area contributed by atoms with Crippen molar-refractivity contribution in [2.75, 3.05) is 17.2 Å². The number of nitrogens with zero attached hydrogens (tertiary/aromatic N) is 2. The Balaban J connectivity index is 1.78. The molecule has 3 rings (SSSR count). The van der Waals surface area contributed by atoms with Crippen LogP contribution >= 0.6 is 0 Å². The third-order valence-corrected chi connectivity index (χ3v) is 5.04. The monoisotopic (exact) mass is 458 g/mol. The van der Waals surface area contributed by atoms with Crippen molar-refractivity contribution in [3.63, 3.8) is 0 Å². The minimum absolute atomic E-state index is 0.0575. The number of unbranched alkanes of at least 4 members (excludes halogenated alkanes) is 2. The number of halogens is 3. The molecule has 0 atom stereocenters. The Labute approximate surface area is 192 Å². The van der Waals surface area contributed by atoms with Gasteiger partial charge in [-0.3, -0.25) is 0 Å². The van der Waals surface area contributed by atoms with Gasteiger partial charge in [0.1, 0.15) is 17.1 Å². The smallest absolute Gasteiger partial charge is 0.421 e. The van der Waals surface area contributed by atoms with Crippen LogP contribution in [0.2, 0.25) is 0 Å². The second kappa shape index (κ2) is 11.0. The Morgan fingerprint density at radius 2 is 1.73 bits per heavy atom. The molecule has 3 aromatic rings. The van der Waals surface area contributed by atoms with E-state index in [1.54, 1.807) is 36.4 Å². The van der Waals surface area contributed by atoms with Gasteiger partial charge in [-0.25, -0.2) is 4.98 Å². The molecule has 0 saturated heterocycles. The molecule has 0 unspecified atom stereocenters. The van der Waals surface area contributed by atoms with Crippen LogP contribution in [0.3, 0.4) is 0 Å². The maximum atomic E-state index is 13.6. The molecule has 2 aromatic carbocycles. The van der Waals surface area contributed by atoms with Crippen molar-refractivity contribution < 1.29 is 17.9 Å². The summed E-state index contributed by atoms with van der Waals surface area (Å²) in [6, 6.07) is 14.4. The van der Waals surface area contributed by atoms with Gasteiger partial charge in [0.15, 0.2) is 0 Å². The second-order valence-electron chi connectivity index (χ2n) is 8.06. The predicted octanol–water partition coefficient (Wildman–Crippen LogP) is 7.68. The largest absolute Gasteiger partial charge is 0.494 e. The van der Waals surface area contributed by atoms with Gasteiger partial charge < -0.3 is 15.4 Å². The third kappa shape index (κ3) is 7.10. The fraction of sp³-hybridized carbons (Fsp3) is 0.360. The van der Waals surface area contributed by atoms with Crippen LogP contribution in [0, 0.1) is 0 Å². The van der Waals surface area contributed by atoms with Crippen LogP contribution in [0.5, 0.6) is 5.75 Å². The summed E-state index contributed by atoms with van der Waals surface area (Å²) in [5.41, 5.74) is 1.25. The fourth-order valence-corrected chi connectivity index (χ4v) is 3.16. The molecule has 0 aliphatic carbocycles. The van der Waals surface area contributed by atoms with Gasteiger partial charge >= 0.3 is 6.18 Å². The summed E-state index contributed by atoms with van der Waals surface area (Å²) in [6.07, 6.45) is -0.573. The fourth-order valence-electron chi connectivity index (χ4n) is 3.16. The molecular weight excluding hydrogens is 429 g/mol. The predicted molar refractivity (Wildman–Crippen MR) is 126 cm³/mol. The minimum atomic E-state index is -4.59. The summed E-state index contributed by atoms with van der Waals surface area (Å²) in [5, 5.41) is 5.77. The highest BCUT2D eigenvalue weighted by molar-refractivity contribution is 5.63. The number of rotatable bonds is 10. The number of nitrogens with one attached hydrogen (secondary N) is 2. The molecule has 0 saturated carbocycles. The maximum Gasteiger partial charge on any atom is 0.421 e. The first-order chi connectivity index (χ1) is 15.8. The van der Waals surface area contributed by atoms with E-state index in [-0.39, 0.29) is 17.7 Å². The molecule has 0 aliphatic rings. The zero-order valence-corrected chi connectivity index (χ0v) is 19.0. The van der Waals surface area contributed by atoms with Gasteiger partial charge in [-0.2, -0.15) is 18.2 Å². The minimum Gasteiger partial charge on any atom is -0.494 e. The summed E-state index contributed by atoms with van der Waals surface area (Å²) in [5.74, 6) is 0.728. The Kier molecular flexibility index (Phi) is 8.14. The van der Waals surface area contributed by atoms with E-state index in [2.05, 4.69) is 27.5 Å². The maximum absolute atomic E-state index is 13.6. The van der Waals surface area contributed by atoms with E-state index in [0.717, 1.165) is 36.8 Å². The Morgan fingerprint density at radius 3 is 2.39 bits per heavy atom. The van der Waals surface area contributed by atoms with Crippen molar-refractivity contribution >= 4 is 23.1 Å². The summed E-state index contributed by atoms with van der Waals surface area (Å²) in [4.78, 5) is 7.98. The van der Waals surface area contributed by atoms with Crippen LogP contribution < -0.4 is 15.4 Å². The first-order valence-corrected chi connectivity index (χ1v) is 11.1. The average Bonchev–Trinajstić information content (AvgIpc) is 2.77. The average molecular weight is 459 g/mol. The lowest BCUT2D eigenvalue weighted by molar-refractivity contribution is -0.137. The molecule has 0 radical (unpaired) electrons. The van der Waals surface area contributed by atoms with Gasteiger partial charge in [0.25, 0.3) is 0 Å². The van der Waals surface area contributed by atoms with E-state index in [9.17, 15) is 13.2 Å². The van der Waals surface area contributed by atoms with Crippen LogP contribution in [-0.2, 0) is 6.18 Å². The van der Waals surface area contributed by atoms with Crippen LogP contribution in [0.4, 0.5) is 36.3 Å². The summed E-state index contributed by atoms with van der Waals surface area (Å²) < 4.78 is 46.4. The standard InChI is InChI=1S/C25H29F3N4O/c1-4-5-6-14-33-21-12-10-19(11-13-21)31-24-29-16-22(25(26,27)28)23(32-24)30-20-9-7-8-18(15-20)17(2)3/h7-13,15-17H,4-6,14H2,1-3H3,(H2,29,30,31,32). The molecule has 1 heterocycles. The van der Waals surface area contributed by atoms with Crippen molar-refractivity contribution in [2.24, 2.45) is 0 Å². The second-order valence-corrected chi connectivity index (χ2v) is 8.06. The molecule has 176 valence electrons. The first kappa shape index (κ1) is 24.4. The zero-order chi connectivity index (χ0) is 23.8. The van der Waals surface area contributed by atoms with E-state index in [0.29, 0.717) is 18.0 Å². The quantitative estimate of drug-likeness (QED) is 0.305. The molecule has 5 nitrogen and oxygen atoms in total. The van der Waals surface area contributed by atoms with E-state index in [1.807, 2.05) is 26.0 Å². The van der Waals surface area contributed by atoms with Gasteiger partial charge in [0, 0.05) is 17.6 Å². The lowest BCUT2D eigenvalue weighted by Gasteiger charge is -2.16. The lowest BCUT2D eigenvalue weighted by atomic mass is 10.0. The van der Waals surface area contributed by atoms with E-state index in [1.165, 1.54) is 0 Å². The normalized spacial score (nSPS) is 11.5. The molecule has 0 bridgehead atoms. The van der Waals surface area contributed by atoms with Crippen LogP contribution in [-0.4, -0.2) is 16.6 Å². The van der Waals surface area contributed by atoms with Crippen molar-refractivity contribution in [3.8, 4) is 5.75 Å². The van der Waals surface area contributed by atoms with Gasteiger partial charge in [0.05, 0.1) is 6.61 Å². The molecule has 8 heteroatoms. The van der Waals surface area contributed by atoms with Crippen LogP contribution in [0.1, 0.15) is 57.1 Å². The Hall–Kier alpha value is -3.29. The number of alkyl halides is 3. The third-order valence-electron chi connectivity index (χ3n) is 5.04. The van der Waals surface area contributed by atoms with Gasteiger partial charge in [-0.1, -0.05) is 45.7 Å². The topological polar surface area (TPSA) is 59.1 Å². The lowest BCUT2D eigenvalue weighted by Crippen LogP contribution is -2.12. The molecule has 0 fully saturated rings. The number of benzene rings is 2. The molecule has 33 heavy (non-hydrogen) atoms. The summed E-state index contributed by atoms with van der Waals surface area (Å²) in [7, 11) is 0. The molecule has 0 aliphatic heterocycles. The number of hydrogen-bond acceptors (Lipinski definition) is 5. The van der Waals surface area contributed by atoms with Crippen molar-refractivity contribution in [1.29, 1.82) is 0 Å². The number of ether oxygens (including phenoxy) is 1. The Bertz CT molecular complexity index is 1040.